The number of carbonyl (C=O) groups excluding carboxylic acids is 1. The van der Waals surface area contributed by atoms with Crippen LogP contribution in [0.25, 0.3) is 0 Å². The Hall–Kier alpha value is -1.36. The van der Waals surface area contributed by atoms with Crippen LogP contribution < -0.4 is 11.1 Å². The monoisotopic (exact) mass is 239 g/mol. The van der Waals surface area contributed by atoms with Crippen LogP contribution >= 0.6 is 0 Å². The maximum absolute atomic E-state index is 11.8. The van der Waals surface area contributed by atoms with Crippen molar-refractivity contribution in [2.75, 3.05) is 0 Å². The lowest BCUT2D eigenvalue weighted by atomic mass is 10.1. The van der Waals surface area contributed by atoms with Crippen LogP contribution in [0.5, 0.6) is 0 Å². The van der Waals surface area contributed by atoms with Gasteiger partial charge in [0.25, 0.3) is 5.91 Å². The first-order valence-electron chi connectivity index (χ1n) is 5.92. The molecule has 1 rings (SSSR count). The van der Waals surface area contributed by atoms with E-state index < -0.39 is 0 Å². The number of carbonyl (C=O) groups is 1. The van der Waals surface area contributed by atoms with Gasteiger partial charge in [0, 0.05) is 6.04 Å². The van der Waals surface area contributed by atoms with E-state index in [1.165, 1.54) is 6.26 Å². The zero-order chi connectivity index (χ0) is 13.0. The number of nitrogens with zero attached hydrogens (tertiary/aromatic N) is 1. The van der Waals surface area contributed by atoms with Crippen molar-refractivity contribution in [3.8, 4) is 0 Å². The first kappa shape index (κ1) is 13.7. The average molecular weight is 239 g/mol. The predicted molar refractivity (Wildman–Crippen MR) is 65.5 cm³/mol. The smallest absolute Gasteiger partial charge is 0.273 e. The zero-order valence-electron chi connectivity index (χ0n) is 10.9. The van der Waals surface area contributed by atoms with Gasteiger partial charge >= 0.3 is 0 Å². The van der Waals surface area contributed by atoms with Crippen molar-refractivity contribution in [2.45, 2.75) is 46.2 Å². The minimum absolute atomic E-state index is 0.123. The van der Waals surface area contributed by atoms with Crippen molar-refractivity contribution in [3.63, 3.8) is 0 Å². The molecule has 0 aliphatic heterocycles. The SMILES string of the molecule is CC(C)CC(C)NC(=O)c1coc(C(C)N)n1. The van der Waals surface area contributed by atoms with Crippen LogP contribution in [0.3, 0.4) is 0 Å². The van der Waals surface area contributed by atoms with E-state index in [2.05, 4.69) is 24.1 Å². The van der Waals surface area contributed by atoms with Gasteiger partial charge in [0.05, 0.1) is 6.04 Å². The normalized spacial score (nSPS) is 14.7. The lowest BCUT2D eigenvalue weighted by Crippen LogP contribution is -2.33. The minimum atomic E-state index is -0.301. The number of hydrogen-bond donors (Lipinski definition) is 2. The number of amides is 1. The fraction of sp³-hybridized carbons (Fsp3) is 0.667. The molecule has 5 nitrogen and oxygen atoms in total. The van der Waals surface area contributed by atoms with E-state index in [-0.39, 0.29) is 23.7 Å². The Kier molecular flexibility index (Phi) is 4.69. The van der Waals surface area contributed by atoms with Gasteiger partial charge in [-0.1, -0.05) is 13.8 Å². The van der Waals surface area contributed by atoms with E-state index in [1.807, 2.05) is 6.92 Å². The molecule has 17 heavy (non-hydrogen) atoms. The molecule has 1 heterocycles. The van der Waals surface area contributed by atoms with Crippen LogP contribution in [0.2, 0.25) is 0 Å². The highest BCUT2D eigenvalue weighted by Gasteiger charge is 2.16. The van der Waals surface area contributed by atoms with Gasteiger partial charge in [-0.05, 0) is 26.2 Å². The Morgan fingerprint density at radius 2 is 2.12 bits per heavy atom. The molecule has 0 radical (unpaired) electrons. The van der Waals surface area contributed by atoms with Crippen molar-refractivity contribution in [2.24, 2.45) is 11.7 Å². The number of aromatic nitrogens is 1. The molecular formula is C12H21N3O2. The Morgan fingerprint density at radius 3 is 2.59 bits per heavy atom. The zero-order valence-corrected chi connectivity index (χ0v) is 10.9. The summed E-state index contributed by atoms with van der Waals surface area (Å²) >= 11 is 0. The molecule has 1 aromatic heterocycles. The number of oxazole rings is 1. The molecule has 2 atom stereocenters. The van der Waals surface area contributed by atoms with Crippen molar-refractivity contribution in [1.29, 1.82) is 0 Å². The highest BCUT2D eigenvalue weighted by molar-refractivity contribution is 5.92. The molecule has 0 spiro atoms. The summed E-state index contributed by atoms with van der Waals surface area (Å²) < 4.78 is 5.11. The minimum Gasteiger partial charge on any atom is -0.446 e. The molecule has 0 aliphatic rings. The number of rotatable bonds is 5. The fourth-order valence-corrected chi connectivity index (χ4v) is 1.66. The van der Waals surface area contributed by atoms with Crippen molar-refractivity contribution < 1.29 is 9.21 Å². The van der Waals surface area contributed by atoms with E-state index in [1.54, 1.807) is 6.92 Å². The van der Waals surface area contributed by atoms with E-state index in [0.717, 1.165) is 6.42 Å². The molecule has 0 saturated carbocycles. The average Bonchev–Trinajstić information content (AvgIpc) is 2.64. The number of nitrogens with one attached hydrogen (secondary N) is 1. The maximum Gasteiger partial charge on any atom is 0.273 e. The summed E-state index contributed by atoms with van der Waals surface area (Å²) in [4.78, 5) is 15.8. The summed E-state index contributed by atoms with van der Waals surface area (Å²) in [7, 11) is 0. The van der Waals surface area contributed by atoms with Crippen LogP contribution in [0.4, 0.5) is 0 Å². The van der Waals surface area contributed by atoms with Gasteiger partial charge < -0.3 is 15.5 Å². The Morgan fingerprint density at radius 1 is 1.47 bits per heavy atom. The van der Waals surface area contributed by atoms with Gasteiger partial charge in [-0.25, -0.2) is 4.98 Å². The van der Waals surface area contributed by atoms with Crippen LogP contribution in [0, 0.1) is 5.92 Å². The Balaban J connectivity index is 2.57. The molecule has 0 aromatic carbocycles. The van der Waals surface area contributed by atoms with Gasteiger partial charge in [0.2, 0.25) is 5.89 Å². The van der Waals surface area contributed by atoms with Crippen LogP contribution in [0.1, 0.15) is 56.5 Å². The molecule has 2 unspecified atom stereocenters. The standard InChI is InChI=1S/C12H21N3O2/c1-7(2)5-8(3)14-11(16)10-6-17-12(15-10)9(4)13/h6-9H,5,13H2,1-4H3,(H,14,16). The molecule has 1 amide bonds. The molecule has 0 bridgehead atoms. The molecule has 1 aromatic rings. The predicted octanol–water partition coefficient (Wildman–Crippen LogP) is 1.86. The highest BCUT2D eigenvalue weighted by Crippen LogP contribution is 2.10. The van der Waals surface area contributed by atoms with Crippen molar-refractivity contribution >= 4 is 5.91 Å². The van der Waals surface area contributed by atoms with Crippen molar-refractivity contribution in [3.05, 3.63) is 17.8 Å². The molecule has 96 valence electrons. The lowest BCUT2D eigenvalue weighted by molar-refractivity contribution is 0.0931. The van der Waals surface area contributed by atoms with Gasteiger partial charge in [-0.15, -0.1) is 0 Å². The quantitative estimate of drug-likeness (QED) is 0.821. The van der Waals surface area contributed by atoms with E-state index >= 15 is 0 Å². The summed E-state index contributed by atoms with van der Waals surface area (Å²) in [5.41, 5.74) is 5.89. The highest BCUT2D eigenvalue weighted by atomic mass is 16.3. The van der Waals surface area contributed by atoms with Crippen LogP contribution in [-0.2, 0) is 0 Å². The summed E-state index contributed by atoms with van der Waals surface area (Å²) in [5, 5.41) is 2.88. The second kappa shape index (κ2) is 5.82. The first-order valence-corrected chi connectivity index (χ1v) is 5.92. The summed E-state index contributed by atoms with van der Waals surface area (Å²) in [6.07, 6.45) is 2.28. The van der Waals surface area contributed by atoms with Gasteiger partial charge in [-0.3, -0.25) is 4.79 Å². The molecule has 3 N–H and O–H groups in total. The van der Waals surface area contributed by atoms with Crippen LogP contribution in [-0.4, -0.2) is 16.9 Å². The van der Waals surface area contributed by atoms with E-state index in [9.17, 15) is 4.79 Å². The second-order valence-electron chi connectivity index (χ2n) is 4.86. The third-order valence-electron chi connectivity index (χ3n) is 2.35. The van der Waals surface area contributed by atoms with Gasteiger partial charge in [0.1, 0.15) is 6.26 Å². The maximum atomic E-state index is 11.8. The van der Waals surface area contributed by atoms with E-state index in [4.69, 9.17) is 10.2 Å². The third kappa shape index (κ3) is 4.19. The van der Waals surface area contributed by atoms with Gasteiger partial charge in [0.15, 0.2) is 5.69 Å². The summed E-state index contributed by atoms with van der Waals surface area (Å²) in [5.74, 6) is 0.711. The lowest BCUT2D eigenvalue weighted by Gasteiger charge is -2.14. The second-order valence-corrected chi connectivity index (χ2v) is 4.86. The van der Waals surface area contributed by atoms with Crippen LogP contribution in [0.15, 0.2) is 10.7 Å². The van der Waals surface area contributed by atoms with E-state index in [0.29, 0.717) is 11.8 Å². The molecule has 0 fully saturated rings. The third-order valence-corrected chi connectivity index (χ3v) is 2.35. The Bertz CT molecular complexity index is 372. The largest absolute Gasteiger partial charge is 0.446 e. The van der Waals surface area contributed by atoms with Gasteiger partial charge in [-0.2, -0.15) is 0 Å². The molecular weight excluding hydrogens is 218 g/mol. The summed E-state index contributed by atoms with van der Waals surface area (Å²) in [6, 6.07) is -0.178. The first-order chi connectivity index (χ1) is 7.90. The molecule has 0 aliphatic carbocycles. The molecule has 0 saturated heterocycles. The topological polar surface area (TPSA) is 81.2 Å². The Labute approximate surface area is 102 Å². The fourth-order valence-electron chi connectivity index (χ4n) is 1.66. The van der Waals surface area contributed by atoms with Crippen molar-refractivity contribution in [1.82, 2.24) is 10.3 Å². The number of hydrogen-bond acceptors (Lipinski definition) is 4. The summed E-state index contributed by atoms with van der Waals surface area (Å²) in [6.45, 7) is 7.97. The number of nitrogens with two attached hydrogens (primary N) is 1. The molecule has 5 heteroatoms.